The van der Waals surface area contributed by atoms with E-state index in [9.17, 15) is 28.4 Å². The summed E-state index contributed by atoms with van der Waals surface area (Å²) in [6.07, 6.45) is 1.86. The Kier molecular flexibility index (Phi) is 6.44. The number of nitrogens with zero attached hydrogens (tertiary/aromatic N) is 2. The molecule has 9 nitrogen and oxygen atoms in total. The third-order valence-electron chi connectivity index (χ3n) is 6.04. The summed E-state index contributed by atoms with van der Waals surface area (Å²) >= 11 is 0. The summed E-state index contributed by atoms with van der Waals surface area (Å²) in [6, 6.07) is 6.39. The standard InChI is InChI=1S/C22H23F2N5O4/c23-22(24)33-18-5-1-3-15-14(18)10-16(28-15)21(32)29-8-2-4-17(29)20(31)27-13(11-25)9-12-6-7-26-19(12)30/h1,3,5,10,12-13,17,22,28H,2,4,6-9H2,(H,26,30)(H,27,31)/t12?,13-,17?/m0/s1. The second-order valence-corrected chi connectivity index (χ2v) is 8.14. The molecule has 3 amide bonds. The third kappa shape index (κ3) is 4.74. The molecular weight excluding hydrogens is 436 g/mol. The highest BCUT2D eigenvalue weighted by atomic mass is 19.3. The number of nitriles is 1. The Morgan fingerprint density at radius 1 is 1.33 bits per heavy atom. The number of ether oxygens (including phenoxy) is 1. The van der Waals surface area contributed by atoms with Crippen LogP contribution in [-0.2, 0) is 9.59 Å². The minimum absolute atomic E-state index is 0.0543. The van der Waals surface area contributed by atoms with Crippen LogP contribution in [-0.4, -0.2) is 59.4 Å². The molecule has 1 aromatic carbocycles. The van der Waals surface area contributed by atoms with Crippen molar-refractivity contribution in [3.63, 3.8) is 0 Å². The van der Waals surface area contributed by atoms with E-state index in [-0.39, 0.29) is 29.7 Å². The summed E-state index contributed by atoms with van der Waals surface area (Å²) in [5.74, 6) is -1.41. The van der Waals surface area contributed by atoms with Gasteiger partial charge in [-0.2, -0.15) is 14.0 Å². The fraction of sp³-hybridized carbons (Fsp3) is 0.455. The normalized spacial score (nSPS) is 21.2. The van der Waals surface area contributed by atoms with Gasteiger partial charge in [0.15, 0.2) is 0 Å². The van der Waals surface area contributed by atoms with E-state index in [0.29, 0.717) is 43.3 Å². The molecule has 2 fully saturated rings. The topological polar surface area (TPSA) is 127 Å². The number of aromatic amines is 1. The number of carbonyl (C=O) groups excluding carboxylic acids is 3. The van der Waals surface area contributed by atoms with E-state index < -0.39 is 30.5 Å². The van der Waals surface area contributed by atoms with E-state index in [1.807, 2.05) is 6.07 Å². The number of hydrogen-bond acceptors (Lipinski definition) is 5. The number of hydrogen-bond donors (Lipinski definition) is 3. The highest BCUT2D eigenvalue weighted by molar-refractivity contribution is 6.01. The maximum absolute atomic E-state index is 13.1. The molecule has 2 aliphatic rings. The van der Waals surface area contributed by atoms with Gasteiger partial charge in [0.2, 0.25) is 11.8 Å². The Morgan fingerprint density at radius 2 is 2.15 bits per heavy atom. The number of alkyl halides is 2. The molecule has 0 saturated carbocycles. The monoisotopic (exact) mass is 459 g/mol. The Bertz CT molecular complexity index is 1110. The molecule has 2 saturated heterocycles. The number of H-pyrrole nitrogens is 1. The minimum Gasteiger partial charge on any atom is -0.434 e. The number of aromatic nitrogens is 1. The van der Waals surface area contributed by atoms with Crippen molar-refractivity contribution in [1.82, 2.24) is 20.5 Å². The van der Waals surface area contributed by atoms with Crippen LogP contribution < -0.4 is 15.4 Å². The molecule has 0 bridgehead atoms. The van der Waals surface area contributed by atoms with E-state index in [4.69, 9.17) is 0 Å². The Labute approximate surface area is 188 Å². The summed E-state index contributed by atoms with van der Waals surface area (Å²) in [4.78, 5) is 42.1. The number of halogens is 2. The number of nitrogens with one attached hydrogen (secondary N) is 3. The van der Waals surface area contributed by atoms with Crippen LogP contribution in [0, 0.1) is 17.2 Å². The maximum Gasteiger partial charge on any atom is 0.387 e. The summed E-state index contributed by atoms with van der Waals surface area (Å²) in [5, 5.41) is 15.1. The molecule has 2 aliphatic heterocycles. The molecule has 2 unspecified atom stereocenters. The quantitative estimate of drug-likeness (QED) is 0.583. The van der Waals surface area contributed by atoms with Gasteiger partial charge < -0.3 is 25.3 Å². The van der Waals surface area contributed by atoms with Gasteiger partial charge in [0.1, 0.15) is 23.5 Å². The Balaban J connectivity index is 1.47. The molecule has 0 radical (unpaired) electrons. The van der Waals surface area contributed by atoms with Crippen molar-refractivity contribution in [2.75, 3.05) is 13.1 Å². The lowest BCUT2D eigenvalue weighted by atomic mass is 9.99. The highest BCUT2D eigenvalue weighted by Gasteiger charge is 2.37. The van der Waals surface area contributed by atoms with E-state index >= 15 is 0 Å². The van der Waals surface area contributed by atoms with Gasteiger partial charge in [0, 0.05) is 29.9 Å². The highest BCUT2D eigenvalue weighted by Crippen LogP contribution is 2.29. The van der Waals surface area contributed by atoms with Crippen molar-refractivity contribution in [2.45, 2.75) is 44.4 Å². The van der Waals surface area contributed by atoms with Crippen molar-refractivity contribution in [3.05, 3.63) is 30.0 Å². The molecular formula is C22H23F2N5O4. The summed E-state index contributed by atoms with van der Waals surface area (Å²) in [7, 11) is 0. The van der Waals surface area contributed by atoms with Gasteiger partial charge in [-0.25, -0.2) is 0 Å². The first-order chi connectivity index (χ1) is 15.9. The van der Waals surface area contributed by atoms with Crippen molar-refractivity contribution in [3.8, 4) is 11.8 Å². The van der Waals surface area contributed by atoms with Crippen LogP contribution in [0.15, 0.2) is 24.3 Å². The van der Waals surface area contributed by atoms with Crippen LogP contribution in [0.5, 0.6) is 5.75 Å². The van der Waals surface area contributed by atoms with Crippen molar-refractivity contribution >= 4 is 28.6 Å². The lowest BCUT2D eigenvalue weighted by molar-refractivity contribution is -0.126. The number of likely N-dealkylation sites (tertiary alicyclic amines) is 1. The smallest absolute Gasteiger partial charge is 0.387 e. The van der Waals surface area contributed by atoms with E-state index in [1.165, 1.54) is 23.1 Å². The molecule has 3 heterocycles. The predicted molar refractivity (Wildman–Crippen MR) is 112 cm³/mol. The second-order valence-electron chi connectivity index (χ2n) is 8.14. The lowest BCUT2D eigenvalue weighted by Gasteiger charge is -2.25. The van der Waals surface area contributed by atoms with Crippen molar-refractivity contribution in [2.24, 2.45) is 5.92 Å². The van der Waals surface area contributed by atoms with Crippen LogP contribution in [0.1, 0.15) is 36.2 Å². The largest absolute Gasteiger partial charge is 0.434 e. The summed E-state index contributed by atoms with van der Waals surface area (Å²) in [5.41, 5.74) is 0.602. The summed E-state index contributed by atoms with van der Waals surface area (Å²) < 4.78 is 29.9. The zero-order valence-corrected chi connectivity index (χ0v) is 17.6. The first-order valence-corrected chi connectivity index (χ1v) is 10.7. The molecule has 2 aromatic rings. The van der Waals surface area contributed by atoms with E-state index in [1.54, 1.807) is 6.07 Å². The Morgan fingerprint density at radius 3 is 2.85 bits per heavy atom. The number of amides is 3. The van der Waals surface area contributed by atoms with Gasteiger partial charge in [0.05, 0.1) is 6.07 Å². The fourth-order valence-electron chi connectivity index (χ4n) is 4.44. The molecule has 4 rings (SSSR count). The van der Waals surface area contributed by atoms with Crippen LogP contribution in [0.2, 0.25) is 0 Å². The number of benzene rings is 1. The number of fused-ring (bicyclic) bond motifs is 1. The zero-order chi connectivity index (χ0) is 23.5. The molecule has 11 heteroatoms. The third-order valence-corrected chi connectivity index (χ3v) is 6.04. The van der Waals surface area contributed by atoms with E-state index in [0.717, 1.165) is 0 Å². The molecule has 0 spiro atoms. The van der Waals surface area contributed by atoms with Gasteiger partial charge in [-0.15, -0.1) is 0 Å². The fourth-order valence-corrected chi connectivity index (χ4v) is 4.44. The first-order valence-electron chi connectivity index (χ1n) is 10.7. The van der Waals surface area contributed by atoms with Crippen molar-refractivity contribution < 1.29 is 27.9 Å². The average molecular weight is 459 g/mol. The molecule has 33 heavy (non-hydrogen) atoms. The molecule has 174 valence electrons. The van der Waals surface area contributed by atoms with Crippen LogP contribution in [0.4, 0.5) is 8.78 Å². The van der Waals surface area contributed by atoms with Gasteiger partial charge >= 0.3 is 6.61 Å². The van der Waals surface area contributed by atoms with Gasteiger partial charge in [-0.05, 0) is 43.9 Å². The van der Waals surface area contributed by atoms with Crippen LogP contribution in [0.3, 0.4) is 0 Å². The number of rotatable bonds is 7. The molecule has 3 atom stereocenters. The Hall–Kier alpha value is -3.68. The van der Waals surface area contributed by atoms with Gasteiger partial charge in [-0.3, -0.25) is 14.4 Å². The van der Waals surface area contributed by atoms with Crippen molar-refractivity contribution in [1.29, 1.82) is 5.26 Å². The number of carbonyl (C=O) groups is 3. The summed E-state index contributed by atoms with van der Waals surface area (Å²) in [6.45, 7) is -2.11. The average Bonchev–Trinajstić information content (AvgIpc) is 3.52. The molecule has 0 aliphatic carbocycles. The maximum atomic E-state index is 13.1. The lowest BCUT2D eigenvalue weighted by Crippen LogP contribution is -2.49. The zero-order valence-electron chi connectivity index (χ0n) is 17.6. The second kappa shape index (κ2) is 9.44. The minimum atomic E-state index is -3.00. The predicted octanol–water partition coefficient (Wildman–Crippen LogP) is 1.91. The molecule has 3 N–H and O–H groups in total. The van der Waals surface area contributed by atoms with Gasteiger partial charge in [0.25, 0.3) is 5.91 Å². The van der Waals surface area contributed by atoms with Crippen LogP contribution in [0.25, 0.3) is 10.9 Å². The van der Waals surface area contributed by atoms with Gasteiger partial charge in [-0.1, -0.05) is 6.07 Å². The first kappa shape index (κ1) is 22.5. The molecule has 1 aromatic heterocycles. The SMILES string of the molecule is N#C[C@H](CC1CCNC1=O)NC(=O)C1CCCN1C(=O)c1cc2c(OC(F)F)cccc2[nH]1. The van der Waals surface area contributed by atoms with E-state index in [2.05, 4.69) is 20.4 Å². The van der Waals surface area contributed by atoms with Crippen LogP contribution >= 0.6 is 0 Å².